The molecule has 6 nitrogen and oxygen atoms in total. The Bertz CT molecular complexity index is 1160. The minimum Gasteiger partial charge on any atom is -0.326 e. The lowest BCUT2D eigenvalue weighted by Crippen LogP contribution is -2.24. The number of benzene rings is 1. The van der Waals surface area contributed by atoms with Crippen LogP contribution in [0.3, 0.4) is 0 Å². The lowest BCUT2D eigenvalue weighted by molar-refractivity contribution is 0.589. The molecular formula is C21H21N3O3S. The predicted octanol–water partition coefficient (Wildman–Crippen LogP) is 3.34. The van der Waals surface area contributed by atoms with Crippen molar-refractivity contribution in [1.82, 2.24) is 4.98 Å². The van der Waals surface area contributed by atoms with Crippen LogP contribution in [0.4, 0.5) is 0 Å². The van der Waals surface area contributed by atoms with Crippen LogP contribution in [-0.4, -0.2) is 13.4 Å². The second-order valence-electron chi connectivity index (χ2n) is 7.58. The average Bonchev–Trinajstić information content (AvgIpc) is 3.46. The molecule has 0 bridgehead atoms. The second-order valence-corrected chi connectivity index (χ2v) is 9.46. The summed E-state index contributed by atoms with van der Waals surface area (Å²) in [6, 6.07) is 7.67. The van der Waals surface area contributed by atoms with Gasteiger partial charge >= 0.3 is 0 Å². The van der Waals surface area contributed by atoms with Gasteiger partial charge in [0.15, 0.2) is 0 Å². The van der Waals surface area contributed by atoms with Crippen LogP contribution in [0.25, 0.3) is 0 Å². The average molecular weight is 395 g/mol. The lowest BCUT2D eigenvalue weighted by Gasteiger charge is -2.19. The van der Waals surface area contributed by atoms with Crippen molar-refractivity contribution in [1.29, 1.82) is 10.5 Å². The number of aromatic amines is 1. The van der Waals surface area contributed by atoms with Crippen molar-refractivity contribution >= 4 is 9.84 Å². The first-order valence-electron chi connectivity index (χ1n) is 9.15. The fraction of sp³-hybridized carbons (Fsp3) is 0.381. The largest absolute Gasteiger partial charge is 0.326 e. The molecule has 0 saturated heterocycles. The molecule has 0 atom stereocenters. The summed E-state index contributed by atoms with van der Waals surface area (Å²) in [4.78, 5) is 15.4. The zero-order valence-electron chi connectivity index (χ0n) is 16.0. The molecule has 1 aliphatic rings. The molecule has 0 amide bonds. The number of hydrogen-bond donors (Lipinski definition) is 1. The predicted molar refractivity (Wildman–Crippen MR) is 104 cm³/mol. The van der Waals surface area contributed by atoms with E-state index in [1.165, 1.54) is 18.2 Å². The highest BCUT2D eigenvalue weighted by atomic mass is 32.2. The van der Waals surface area contributed by atoms with Crippen molar-refractivity contribution < 1.29 is 8.42 Å². The molecule has 1 heterocycles. The molecule has 28 heavy (non-hydrogen) atoms. The van der Waals surface area contributed by atoms with Crippen molar-refractivity contribution in [3.8, 4) is 12.1 Å². The van der Waals surface area contributed by atoms with Crippen LogP contribution in [0.2, 0.25) is 0 Å². The van der Waals surface area contributed by atoms with Gasteiger partial charge in [-0.1, -0.05) is 13.8 Å². The van der Waals surface area contributed by atoms with Crippen LogP contribution in [0, 0.1) is 35.5 Å². The van der Waals surface area contributed by atoms with Gasteiger partial charge in [-0.3, -0.25) is 4.79 Å². The van der Waals surface area contributed by atoms with Crippen LogP contribution in [0.5, 0.6) is 0 Å². The molecule has 0 radical (unpaired) electrons. The van der Waals surface area contributed by atoms with E-state index in [1.807, 2.05) is 12.1 Å². The van der Waals surface area contributed by atoms with Gasteiger partial charge in [-0.2, -0.15) is 10.5 Å². The van der Waals surface area contributed by atoms with E-state index in [0.717, 1.165) is 12.8 Å². The summed E-state index contributed by atoms with van der Waals surface area (Å²) in [5.41, 5.74) is 1.18. The minimum absolute atomic E-state index is 0.0367. The van der Waals surface area contributed by atoms with Gasteiger partial charge in [0.1, 0.15) is 0 Å². The summed E-state index contributed by atoms with van der Waals surface area (Å²) in [7, 11) is -4.10. The number of aromatic nitrogens is 1. The maximum Gasteiger partial charge on any atom is 0.252 e. The maximum atomic E-state index is 13.7. The molecule has 7 heteroatoms. The Balaban J connectivity index is 2.37. The van der Waals surface area contributed by atoms with Crippen molar-refractivity contribution in [2.75, 3.05) is 0 Å². The number of rotatable bonds is 5. The summed E-state index contributed by atoms with van der Waals surface area (Å²) < 4.78 is 27.3. The lowest BCUT2D eigenvalue weighted by atomic mass is 9.99. The van der Waals surface area contributed by atoms with Crippen LogP contribution < -0.4 is 5.56 Å². The Morgan fingerprint density at radius 2 is 1.71 bits per heavy atom. The third-order valence-corrected chi connectivity index (χ3v) is 6.89. The van der Waals surface area contributed by atoms with E-state index in [9.17, 15) is 23.7 Å². The Morgan fingerprint density at radius 1 is 1.14 bits per heavy atom. The highest BCUT2D eigenvalue weighted by Crippen LogP contribution is 2.38. The number of nitriles is 2. The molecule has 3 rings (SSSR count). The first kappa shape index (κ1) is 19.9. The molecule has 0 aliphatic heterocycles. The summed E-state index contributed by atoms with van der Waals surface area (Å²) in [6.45, 7) is 5.28. The van der Waals surface area contributed by atoms with Gasteiger partial charge in [-0.05, 0) is 61.8 Å². The molecule has 0 spiro atoms. The van der Waals surface area contributed by atoms with Gasteiger partial charge in [0.05, 0.1) is 33.1 Å². The molecule has 1 saturated carbocycles. The quantitative estimate of drug-likeness (QED) is 0.834. The Morgan fingerprint density at radius 3 is 2.18 bits per heavy atom. The van der Waals surface area contributed by atoms with E-state index in [2.05, 4.69) is 4.98 Å². The van der Waals surface area contributed by atoms with E-state index in [0.29, 0.717) is 23.6 Å². The molecule has 1 aliphatic carbocycles. The summed E-state index contributed by atoms with van der Waals surface area (Å²) in [5, 5.41) is 18.4. The number of sulfone groups is 1. The number of nitrogens with zero attached hydrogens (tertiary/aromatic N) is 2. The van der Waals surface area contributed by atoms with Gasteiger partial charge in [0.2, 0.25) is 9.84 Å². The zero-order chi connectivity index (χ0) is 20.6. The van der Waals surface area contributed by atoms with Gasteiger partial charge in [0, 0.05) is 11.3 Å². The molecule has 1 fully saturated rings. The van der Waals surface area contributed by atoms with E-state index in [1.54, 1.807) is 20.8 Å². The SMILES string of the molecule is Cc1[nH]c(=O)c(C(C)C)c(S(=O)(=O)c2cc(C#N)cc(C#N)c2)c1CC1CC1. The van der Waals surface area contributed by atoms with Crippen molar-refractivity contribution in [2.24, 2.45) is 5.92 Å². The molecule has 1 N–H and O–H groups in total. The van der Waals surface area contributed by atoms with Gasteiger partial charge in [-0.15, -0.1) is 0 Å². The molecule has 144 valence electrons. The maximum absolute atomic E-state index is 13.7. The number of nitrogens with one attached hydrogen (secondary N) is 1. The summed E-state index contributed by atoms with van der Waals surface area (Å²) >= 11 is 0. The fourth-order valence-electron chi connectivity index (χ4n) is 3.44. The Labute approximate surface area is 164 Å². The van der Waals surface area contributed by atoms with Gasteiger partial charge in [-0.25, -0.2) is 8.42 Å². The smallest absolute Gasteiger partial charge is 0.252 e. The van der Waals surface area contributed by atoms with Crippen molar-refractivity contribution in [2.45, 2.75) is 55.7 Å². The fourth-order valence-corrected chi connectivity index (χ4v) is 5.42. The van der Waals surface area contributed by atoms with Crippen molar-refractivity contribution in [3.63, 3.8) is 0 Å². The van der Waals surface area contributed by atoms with Crippen LogP contribution in [-0.2, 0) is 16.3 Å². The number of H-pyrrole nitrogens is 1. The molecule has 1 aromatic heterocycles. The Kier molecular flexibility index (Phi) is 5.14. The van der Waals surface area contributed by atoms with E-state index >= 15 is 0 Å². The minimum atomic E-state index is -4.10. The van der Waals surface area contributed by atoms with E-state index in [4.69, 9.17) is 0 Å². The monoisotopic (exact) mass is 395 g/mol. The van der Waals surface area contributed by atoms with Crippen LogP contribution in [0.1, 0.15) is 60.6 Å². The third kappa shape index (κ3) is 3.58. The van der Waals surface area contributed by atoms with E-state index < -0.39 is 15.4 Å². The molecule has 2 aromatic rings. The highest BCUT2D eigenvalue weighted by Gasteiger charge is 2.33. The number of pyridine rings is 1. The summed E-state index contributed by atoms with van der Waals surface area (Å²) in [5.74, 6) is 0.111. The normalized spacial score (nSPS) is 13.9. The van der Waals surface area contributed by atoms with E-state index in [-0.39, 0.29) is 32.4 Å². The standard InChI is InChI=1S/C21H21N3O3S/c1-12(2)19-20(18(9-14-4-5-14)13(3)24-21(19)25)28(26,27)17-7-15(10-22)6-16(8-17)11-23/h6-8,12,14H,4-5,9H2,1-3H3,(H,24,25). The zero-order valence-corrected chi connectivity index (χ0v) is 16.9. The summed E-state index contributed by atoms with van der Waals surface area (Å²) in [6.07, 6.45) is 2.66. The molecule has 0 unspecified atom stereocenters. The van der Waals surface area contributed by atoms with Crippen LogP contribution >= 0.6 is 0 Å². The number of aryl methyl sites for hydroxylation is 1. The topological polar surface area (TPSA) is 115 Å². The van der Waals surface area contributed by atoms with Gasteiger partial charge in [0.25, 0.3) is 5.56 Å². The molecular weight excluding hydrogens is 374 g/mol. The molecule has 1 aromatic carbocycles. The van der Waals surface area contributed by atoms with Crippen LogP contribution in [0.15, 0.2) is 32.8 Å². The van der Waals surface area contributed by atoms with Crippen molar-refractivity contribution in [3.05, 3.63) is 56.5 Å². The highest BCUT2D eigenvalue weighted by molar-refractivity contribution is 7.91. The second kappa shape index (κ2) is 7.26. The third-order valence-electron chi connectivity index (χ3n) is 5.03. The Hall–Kier alpha value is -2.90. The first-order valence-corrected chi connectivity index (χ1v) is 10.6. The van der Waals surface area contributed by atoms with Gasteiger partial charge < -0.3 is 4.98 Å². The first-order chi connectivity index (χ1) is 13.2. The number of hydrogen-bond acceptors (Lipinski definition) is 5.